The molecule has 0 spiro atoms. The van der Waals surface area contributed by atoms with Crippen LogP contribution >= 0.6 is 0 Å². The molecule has 0 saturated heterocycles. The lowest BCUT2D eigenvalue weighted by Crippen LogP contribution is -2.20. The monoisotopic (exact) mass is 629 g/mol. The number of carboxylic acid groups (broad SMARTS) is 1. The molecule has 2 heterocycles. The van der Waals surface area contributed by atoms with Crippen molar-refractivity contribution in [3.8, 4) is 22.6 Å². The van der Waals surface area contributed by atoms with Crippen molar-refractivity contribution in [3.63, 3.8) is 0 Å². The smallest absolute Gasteiger partial charge is 0.416 e. The molecular formula is C35H30F3N3O5. The quantitative estimate of drug-likeness (QED) is 0.145. The zero-order valence-electron chi connectivity index (χ0n) is 25.0. The number of aromatic nitrogens is 2. The van der Waals surface area contributed by atoms with E-state index in [2.05, 4.69) is 4.98 Å². The summed E-state index contributed by atoms with van der Waals surface area (Å²) < 4.78 is 59.1. The van der Waals surface area contributed by atoms with Gasteiger partial charge in [0.2, 0.25) is 0 Å². The number of rotatable bonds is 11. The van der Waals surface area contributed by atoms with Crippen LogP contribution in [0.15, 0.2) is 95.4 Å². The number of nitrogens with zero attached hydrogens (tertiary/aromatic N) is 3. The minimum atomic E-state index is -4.53. The molecule has 0 amide bonds. The van der Waals surface area contributed by atoms with Gasteiger partial charge in [-0.05, 0) is 72.1 Å². The van der Waals surface area contributed by atoms with Gasteiger partial charge in [-0.2, -0.15) is 18.2 Å². The first-order valence-electron chi connectivity index (χ1n) is 14.5. The van der Waals surface area contributed by atoms with E-state index < -0.39 is 17.7 Å². The number of para-hydroxylation sites is 2. The van der Waals surface area contributed by atoms with Crippen molar-refractivity contribution in [2.75, 3.05) is 32.2 Å². The maximum Gasteiger partial charge on any atom is 0.416 e. The highest BCUT2D eigenvalue weighted by molar-refractivity contribution is 6.08. The molecule has 8 nitrogen and oxygen atoms in total. The van der Waals surface area contributed by atoms with Gasteiger partial charge < -0.3 is 28.5 Å². The van der Waals surface area contributed by atoms with Gasteiger partial charge in [0.1, 0.15) is 22.7 Å². The van der Waals surface area contributed by atoms with Crippen LogP contribution in [0.2, 0.25) is 0 Å². The van der Waals surface area contributed by atoms with Crippen LogP contribution in [0.4, 0.5) is 19.2 Å². The molecule has 0 aliphatic rings. The van der Waals surface area contributed by atoms with E-state index in [4.69, 9.17) is 13.9 Å². The van der Waals surface area contributed by atoms with Crippen LogP contribution in [-0.2, 0) is 12.7 Å². The molecule has 2 aromatic heterocycles. The summed E-state index contributed by atoms with van der Waals surface area (Å²) in [4.78, 5) is 19.2. The summed E-state index contributed by atoms with van der Waals surface area (Å²) in [5.74, 6) is -0.0844. The number of carbonyl (C=O) groups is 1. The minimum Gasteiger partial charge on any atom is -0.497 e. The van der Waals surface area contributed by atoms with Crippen LogP contribution in [0.5, 0.6) is 11.5 Å². The second kappa shape index (κ2) is 12.5. The molecule has 6 rings (SSSR count). The first-order valence-corrected chi connectivity index (χ1v) is 14.5. The lowest BCUT2D eigenvalue weighted by atomic mass is 10.0. The second-order valence-corrected chi connectivity index (χ2v) is 10.8. The fourth-order valence-electron chi connectivity index (χ4n) is 5.50. The lowest BCUT2D eigenvalue weighted by Gasteiger charge is -2.14. The molecule has 0 unspecified atom stereocenters. The Labute approximate surface area is 262 Å². The van der Waals surface area contributed by atoms with E-state index in [1.807, 2.05) is 36.2 Å². The third-order valence-corrected chi connectivity index (χ3v) is 7.73. The third-order valence-electron chi connectivity index (χ3n) is 7.73. The zero-order chi connectivity index (χ0) is 32.4. The molecule has 46 heavy (non-hydrogen) atoms. The van der Waals surface area contributed by atoms with Crippen LogP contribution in [0.3, 0.4) is 0 Å². The largest absolute Gasteiger partial charge is 0.497 e. The van der Waals surface area contributed by atoms with Gasteiger partial charge in [-0.1, -0.05) is 36.4 Å². The van der Waals surface area contributed by atoms with Crippen molar-refractivity contribution < 1.29 is 37.0 Å². The van der Waals surface area contributed by atoms with E-state index in [1.165, 1.54) is 17.7 Å². The molecule has 0 atom stereocenters. The number of alkyl halides is 3. The number of fused-ring (bicyclic) bond motifs is 2. The summed E-state index contributed by atoms with van der Waals surface area (Å²) in [6.07, 6.45) is -3.88. The normalized spacial score (nSPS) is 11.7. The highest BCUT2D eigenvalue weighted by Gasteiger charge is 2.31. The molecule has 4 aromatic carbocycles. The van der Waals surface area contributed by atoms with E-state index in [-0.39, 0.29) is 12.2 Å². The number of anilines is 1. The number of methoxy groups -OCH3 is 1. The lowest BCUT2D eigenvalue weighted by molar-refractivity contribution is -0.137. The van der Waals surface area contributed by atoms with Gasteiger partial charge >= 0.3 is 12.1 Å². The Kier molecular flexibility index (Phi) is 8.31. The Hall–Kier alpha value is -5.45. The van der Waals surface area contributed by atoms with Gasteiger partial charge in [0.25, 0.3) is 6.01 Å². The van der Waals surface area contributed by atoms with Crippen LogP contribution in [0.25, 0.3) is 33.1 Å². The molecule has 6 aromatic rings. The molecule has 0 bridgehead atoms. The average molecular weight is 630 g/mol. The highest BCUT2D eigenvalue weighted by Crippen LogP contribution is 2.39. The summed E-state index contributed by atoms with van der Waals surface area (Å²) in [5, 5.41) is 11.0. The number of ether oxygens (including phenoxy) is 2. The molecule has 236 valence electrons. The van der Waals surface area contributed by atoms with Crippen LogP contribution in [-0.4, -0.2) is 47.9 Å². The number of oxazole rings is 1. The van der Waals surface area contributed by atoms with E-state index in [1.54, 1.807) is 48.5 Å². The highest BCUT2D eigenvalue weighted by atomic mass is 19.4. The third kappa shape index (κ3) is 6.21. The first kappa shape index (κ1) is 30.6. The Morgan fingerprint density at radius 1 is 0.978 bits per heavy atom. The van der Waals surface area contributed by atoms with Crippen molar-refractivity contribution in [2.24, 2.45) is 0 Å². The number of benzene rings is 4. The van der Waals surface area contributed by atoms with Crippen molar-refractivity contribution >= 4 is 34.0 Å². The molecule has 0 aliphatic carbocycles. The Morgan fingerprint density at radius 2 is 1.74 bits per heavy atom. The minimum absolute atomic E-state index is 0.0466. The van der Waals surface area contributed by atoms with E-state index in [9.17, 15) is 23.1 Å². The Bertz CT molecular complexity index is 1980. The van der Waals surface area contributed by atoms with Gasteiger partial charge in [-0.3, -0.25) is 0 Å². The predicted molar refractivity (Wildman–Crippen MR) is 169 cm³/mol. The van der Waals surface area contributed by atoms with Crippen LogP contribution in [0.1, 0.15) is 28.0 Å². The van der Waals surface area contributed by atoms with Gasteiger partial charge in [0, 0.05) is 36.6 Å². The second-order valence-electron chi connectivity index (χ2n) is 10.8. The number of hydrogen-bond donors (Lipinski definition) is 1. The predicted octanol–water partition coefficient (Wildman–Crippen LogP) is 8.13. The van der Waals surface area contributed by atoms with Crippen LogP contribution < -0.4 is 14.4 Å². The molecule has 0 fully saturated rings. The van der Waals surface area contributed by atoms with Crippen molar-refractivity contribution in [1.29, 1.82) is 0 Å². The average Bonchev–Trinajstić information content (AvgIpc) is 3.62. The summed E-state index contributed by atoms with van der Waals surface area (Å²) in [6.45, 7) is 0.897. The molecule has 0 saturated carbocycles. The topological polar surface area (TPSA) is 90.0 Å². The fraction of sp³-hybridized carbons (Fsp3) is 0.200. The van der Waals surface area contributed by atoms with Crippen molar-refractivity contribution in [2.45, 2.75) is 19.1 Å². The SMILES string of the molecule is COc1ccc(-c2c(C(=O)O)n(Cc3cccc(C(F)(F)F)c3)c3ccc(OCCCN(C)c4nc5ccccc5o4)cc23)cc1. The van der Waals surface area contributed by atoms with E-state index >= 15 is 0 Å². The number of halogens is 3. The maximum atomic E-state index is 13.5. The fourth-order valence-corrected chi connectivity index (χ4v) is 5.50. The van der Waals surface area contributed by atoms with Gasteiger partial charge in [-0.15, -0.1) is 0 Å². The Morgan fingerprint density at radius 3 is 2.46 bits per heavy atom. The summed E-state index contributed by atoms with van der Waals surface area (Å²) in [7, 11) is 3.42. The van der Waals surface area contributed by atoms with Crippen molar-refractivity contribution in [3.05, 3.63) is 108 Å². The Balaban J connectivity index is 1.30. The number of carboxylic acids is 1. The summed E-state index contributed by atoms with van der Waals surface area (Å²) in [6, 6.07) is 25.2. The summed E-state index contributed by atoms with van der Waals surface area (Å²) in [5.41, 5.74) is 2.55. The standard InChI is InChI=1S/C35H30F3N3O5/c1-40(34-39-28-9-3-4-10-30(28)46-34)17-6-18-45-26-15-16-29-27(20-26)31(23-11-13-25(44-2)14-12-23)32(33(42)43)41(29)21-22-7-5-8-24(19-22)35(36,37)38/h3-5,7-16,19-20H,6,17-18,21H2,1-2H3,(H,42,43). The molecule has 1 N–H and O–H groups in total. The van der Waals surface area contributed by atoms with Gasteiger partial charge in [-0.25, -0.2) is 4.79 Å². The maximum absolute atomic E-state index is 13.5. The number of hydrogen-bond acceptors (Lipinski definition) is 6. The van der Waals surface area contributed by atoms with E-state index in [0.717, 1.165) is 17.6 Å². The summed E-state index contributed by atoms with van der Waals surface area (Å²) >= 11 is 0. The van der Waals surface area contributed by atoms with Gasteiger partial charge in [0.05, 0.1) is 19.3 Å². The molecule has 0 radical (unpaired) electrons. The zero-order valence-corrected chi connectivity index (χ0v) is 25.0. The molecular weight excluding hydrogens is 599 g/mol. The molecule has 0 aliphatic heterocycles. The van der Waals surface area contributed by atoms with Crippen LogP contribution in [0, 0.1) is 0 Å². The number of aromatic carboxylic acids is 1. The van der Waals surface area contributed by atoms with E-state index in [0.29, 0.717) is 70.3 Å². The van der Waals surface area contributed by atoms with Crippen molar-refractivity contribution in [1.82, 2.24) is 9.55 Å². The molecule has 11 heteroatoms. The first-order chi connectivity index (χ1) is 22.1. The van der Waals surface area contributed by atoms with Gasteiger partial charge in [0.15, 0.2) is 5.58 Å².